The van der Waals surface area contributed by atoms with Crippen LogP contribution in [-0.4, -0.2) is 9.91 Å². The Morgan fingerprint density at radius 3 is 2.85 bits per heavy atom. The van der Waals surface area contributed by atoms with E-state index >= 15 is 0 Å². The number of rotatable bonds is 2. The summed E-state index contributed by atoms with van der Waals surface area (Å²) in [5.74, 6) is 0.521. The second-order valence-corrected chi connectivity index (χ2v) is 3.40. The monoisotopic (exact) mass is 178 g/mol. The minimum Gasteiger partial charge on any atom is -0.258 e. The smallest absolute Gasteiger partial charge is 0.258 e. The first-order valence-electron chi connectivity index (χ1n) is 4.29. The van der Waals surface area contributed by atoms with E-state index in [1.807, 2.05) is 6.92 Å². The third-order valence-electron chi connectivity index (χ3n) is 2.34. The van der Waals surface area contributed by atoms with Crippen LogP contribution in [0.15, 0.2) is 12.3 Å². The van der Waals surface area contributed by atoms with Gasteiger partial charge in [0.1, 0.15) is 6.20 Å². The van der Waals surface area contributed by atoms with Crippen molar-refractivity contribution in [3.05, 3.63) is 33.6 Å². The van der Waals surface area contributed by atoms with Crippen LogP contribution in [0, 0.1) is 17.0 Å². The van der Waals surface area contributed by atoms with Gasteiger partial charge in [-0.25, -0.2) is 0 Å². The molecular formula is C9H10N2O2. The number of hydrogen-bond acceptors (Lipinski definition) is 3. The van der Waals surface area contributed by atoms with Crippen molar-refractivity contribution in [2.45, 2.75) is 25.7 Å². The highest BCUT2D eigenvalue weighted by atomic mass is 16.6. The third kappa shape index (κ3) is 1.52. The minimum absolute atomic E-state index is 0.104. The molecule has 1 aliphatic carbocycles. The van der Waals surface area contributed by atoms with Crippen LogP contribution in [0.25, 0.3) is 0 Å². The lowest BCUT2D eigenvalue weighted by Crippen LogP contribution is -1.95. The first-order valence-corrected chi connectivity index (χ1v) is 4.29. The molecule has 1 aromatic heterocycles. The summed E-state index contributed by atoms with van der Waals surface area (Å²) < 4.78 is 0. The summed E-state index contributed by atoms with van der Waals surface area (Å²) in [7, 11) is 0. The van der Waals surface area contributed by atoms with Gasteiger partial charge in [0.05, 0.1) is 4.92 Å². The van der Waals surface area contributed by atoms with Crippen LogP contribution in [0.1, 0.15) is 30.0 Å². The molecule has 0 amide bonds. The van der Waals surface area contributed by atoms with Gasteiger partial charge in [-0.2, -0.15) is 0 Å². The predicted molar refractivity (Wildman–Crippen MR) is 47.6 cm³/mol. The Hall–Kier alpha value is -1.45. The van der Waals surface area contributed by atoms with E-state index < -0.39 is 4.92 Å². The Bertz CT molecular complexity index is 359. The maximum absolute atomic E-state index is 10.5. The van der Waals surface area contributed by atoms with Gasteiger partial charge in [-0.1, -0.05) is 0 Å². The molecule has 0 aromatic carbocycles. The molecule has 4 heteroatoms. The highest BCUT2D eigenvalue weighted by Gasteiger charge is 2.27. The van der Waals surface area contributed by atoms with Gasteiger partial charge in [0.25, 0.3) is 5.69 Å². The maximum atomic E-state index is 10.5. The number of aromatic nitrogens is 1. The van der Waals surface area contributed by atoms with E-state index in [0.29, 0.717) is 5.92 Å². The van der Waals surface area contributed by atoms with Crippen LogP contribution < -0.4 is 0 Å². The summed E-state index contributed by atoms with van der Waals surface area (Å²) in [6.45, 7) is 1.90. The van der Waals surface area contributed by atoms with Gasteiger partial charge in [-0.3, -0.25) is 15.1 Å². The molecule has 0 bridgehead atoms. The van der Waals surface area contributed by atoms with Gasteiger partial charge < -0.3 is 0 Å². The van der Waals surface area contributed by atoms with Crippen LogP contribution in [0.3, 0.4) is 0 Å². The van der Waals surface area contributed by atoms with E-state index in [4.69, 9.17) is 0 Å². The van der Waals surface area contributed by atoms with Crippen LogP contribution in [0.4, 0.5) is 5.69 Å². The topological polar surface area (TPSA) is 56.0 Å². The fourth-order valence-electron chi connectivity index (χ4n) is 1.45. The molecule has 0 aliphatic heterocycles. The molecule has 0 spiro atoms. The lowest BCUT2D eigenvalue weighted by atomic mass is 10.1. The standard InChI is InChI=1S/C9H10N2O2/c1-6-9(7-2-3-7)4-8(5-10-6)11(12)13/h4-5,7H,2-3H2,1H3. The first-order chi connectivity index (χ1) is 6.18. The van der Waals surface area contributed by atoms with Crippen molar-refractivity contribution in [3.8, 4) is 0 Å². The molecule has 1 fully saturated rings. The highest BCUT2D eigenvalue weighted by molar-refractivity contribution is 5.37. The zero-order valence-corrected chi connectivity index (χ0v) is 7.36. The molecule has 4 nitrogen and oxygen atoms in total. The summed E-state index contributed by atoms with van der Waals surface area (Å²) in [5.41, 5.74) is 2.08. The Kier molecular flexibility index (Phi) is 1.76. The van der Waals surface area contributed by atoms with E-state index in [-0.39, 0.29) is 5.69 Å². The molecule has 13 heavy (non-hydrogen) atoms. The zero-order chi connectivity index (χ0) is 9.42. The van der Waals surface area contributed by atoms with Gasteiger partial charge in [0.2, 0.25) is 0 Å². The van der Waals surface area contributed by atoms with Gasteiger partial charge in [0, 0.05) is 11.8 Å². The molecule has 0 N–H and O–H groups in total. The van der Waals surface area contributed by atoms with Gasteiger partial charge in [-0.05, 0) is 31.2 Å². The van der Waals surface area contributed by atoms with E-state index in [1.54, 1.807) is 6.07 Å². The van der Waals surface area contributed by atoms with Crippen LogP contribution in [0.2, 0.25) is 0 Å². The van der Waals surface area contributed by atoms with Crippen molar-refractivity contribution in [1.29, 1.82) is 0 Å². The second kappa shape index (κ2) is 2.80. The lowest BCUT2D eigenvalue weighted by Gasteiger charge is -2.01. The highest BCUT2D eigenvalue weighted by Crippen LogP contribution is 2.41. The number of pyridine rings is 1. The van der Waals surface area contributed by atoms with E-state index in [1.165, 1.54) is 6.20 Å². The Labute approximate surface area is 75.8 Å². The van der Waals surface area contributed by atoms with E-state index in [2.05, 4.69) is 4.98 Å². The third-order valence-corrected chi connectivity index (χ3v) is 2.34. The van der Waals surface area contributed by atoms with Crippen LogP contribution in [-0.2, 0) is 0 Å². The molecular weight excluding hydrogens is 168 g/mol. The van der Waals surface area contributed by atoms with Crippen molar-refractivity contribution in [1.82, 2.24) is 4.98 Å². The van der Waals surface area contributed by atoms with Crippen molar-refractivity contribution < 1.29 is 4.92 Å². The molecule has 1 aromatic rings. The fraction of sp³-hybridized carbons (Fsp3) is 0.444. The summed E-state index contributed by atoms with van der Waals surface area (Å²) in [4.78, 5) is 14.1. The molecule has 1 aliphatic rings. The molecule has 1 heterocycles. The SMILES string of the molecule is Cc1ncc([N+](=O)[O-])cc1C1CC1. The lowest BCUT2D eigenvalue weighted by molar-refractivity contribution is -0.385. The van der Waals surface area contributed by atoms with Gasteiger partial charge in [0.15, 0.2) is 0 Å². The van der Waals surface area contributed by atoms with Crippen LogP contribution >= 0.6 is 0 Å². The van der Waals surface area contributed by atoms with E-state index in [0.717, 1.165) is 24.1 Å². The zero-order valence-electron chi connectivity index (χ0n) is 7.36. The molecule has 0 atom stereocenters. The number of aryl methyl sites for hydroxylation is 1. The summed E-state index contributed by atoms with van der Waals surface area (Å²) in [5, 5.41) is 10.5. The number of hydrogen-bond donors (Lipinski definition) is 0. The summed E-state index contributed by atoms with van der Waals surface area (Å²) in [6.07, 6.45) is 3.61. The Morgan fingerprint density at radius 2 is 2.31 bits per heavy atom. The quantitative estimate of drug-likeness (QED) is 0.515. The second-order valence-electron chi connectivity index (χ2n) is 3.40. The maximum Gasteiger partial charge on any atom is 0.287 e. The average molecular weight is 178 g/mol. The average Bonchev–Trinajstić information content (AvgIpc) is 2.87. The molecule has 2 rings (SSSR count). The molecule has 0 unspecified atom stereocenters. The molecule has 1 saturated carbocycles. The largest absolute Gasteiger partial charge is 0.287 e. The number of nitro groups is 1. The Morgan fingerprint density at radius 1 is 1.62 bits per heavy atom. The van der Waals surface area contributed by atoms with Crippen molar-refractivity contribution >= 4 is 5.69 Å². The van der Waals surface area contributed by atoms with Gasteiger partial charge in [-0.15, -0.1) is 0 Å². The van der Waals surface area contributed by atoms with Crippen molar-refractivity contribution in [3.63, 3.8) is 0 Å². The minimum atomic E-state index is -0.391. The predicted octanol–water partition coefficient (Wildman–Crippen LogP) is 2.18. The molecule has 0 saturated heterocycles. The van der Waals surface area contributed by atoms with Gasteiger partial charge >= 0.3 is 0 Å². The molecule has 0 radical (unpaired) electrons. The van der Waals surface area contributed by atoms with Crippen LogP contribution in [0.5, 0.6) is 0 Å². The summed E-state index contributed by atoms with van der Waals surface area (Å²) in [6, 6.07) is 1.65. The number of nitrogens with zero attached hydrogens (tertiary/aromatic N) is 2. The molecule has 68 valence electrons. The van der Waals surface area contributed by atoms with Crippen molar-refractivity contribution in [2.75, 3.05) is 0 Å². The fourth-order valence-corrected chi connectivity index (χ4v) is 1.45. The first kappa shape index (κ1) is 8.16. The van der Waals surface area contributed by atoms with Crippen molar-refractivity contribution in [2.24, 2.45) is 0 Å². The normalized spacial score (nSPS) is 15.8. The Balaban J connectivity index is 2.41. The summed E-state index contributed by atoms with van der Waals surface area (Å²) >= 11 is 0. The van der Waals surface area contributed by atoms with E-state index in [9.17, 15) is 10.1 Å².